The van der Waals surface area contributed by atoms with E-state index < -0.39 is 21.7 Å². The maximum atomic E-state index is 13.1. The van der Waals surface area contributed by atoms with Gasteiger partial charge in [-0.2, -0.15) is 8.42 Å². The van der Waals surface area contributed by atoms with Crippen LogP contribution < -0.4 is 0 Å². The van der Waals surface area contributed by atoms with E-state index in [0.717, 1.165) is 36.0 Å². The Labute approximate surface area is 191 Å². The lowest BCUT2D eigenvalue weighted by atomic mass is 9.95. The standard InChI is InChI=1S/C23H35N3O5S/c1-17-7-8-21-20(13-17)18(9-11-24(4)5)14-26(21)32(28,29)30-16-23(2,3)22(27)31-19-10-12-25(6)15-19/h7-8,13-14,19H,9-12,15-16H2,1-6H3. The van der Waals surface area contributed by atoms with E-state index in [1.165, 1.54) is 3.97 Å². The second kappa shape index (κ2) is 9.51. The summed E-state index contributed by atoms with van der Waals surface area (Å²) in [4.78, 5) is 16.8. The van der Waals surface area contributed by atoms with Crippen molar-refractivity contribution in [2.24, 2.45) is 5.41 Å². The maximum absolute atomic E-state index is 13.1. The van der Waals surface area contributed by atoms with Crippen molar-refractivity contribution in [2.45, 2.75) is 39.7 Å². The number of rotatable bonds is 9. The summed E-state index contributed by atoms with van der Waals surface area (Å²) in [6.45, 7) is 7.32. The molecule has 0 aliphatic carbocycles. The number of esters is 1. The largest absolute Gasteiger partial charge is 0.460 e. The third-order valence-electron chi connectivity index (χ3n) is 5.82. The van der Waals surface area contributed by atoms with Crippen LogP contribution in [0.15, 0.2) is 24.4 Å². The van der Waals surface area contributed by atoms with Gasteiger partial charge in [0.25, 0.3) is 0 Å². The summed E-state index contributed by atoms with van der Waals surface area (Å²) in [7, 11) is 1.81. The average molecular weight is 466 g/mol. The molecule has 3 rings (SSSR count). The molecule has 0 amide bonds. The highest BCUT2D eigenvalue weighted by Gasteiger charge is 2.35. The monoisotopic (exact) mass is 465 g/mol. The van der Waals surface area contributed by atoms with Gasteiger partial charge in [0, 0.05) is 31.2 Å². The highest BCUT2D eigenvalue weighted by atomic mass is 32.2. The zero-order chi connectivity index (χ0) is 23.7. The van der Waals surface area contributed by atoms with E-state index in [4.69, 9.17) is 8.92 Å². The molecule has 1 fully saturated rings. The van der Waals surface area contributed by atoms with Crippen LogP contribution in [0.1, 0.15) is 31.4 Å². The molecule has 32 heavy (non-hydrogen) atoms. The number of aromatic nitrogens is 1. The molecule has 1 aromatic heterocycles. The molecule has 2 heterocycles. The van der Waals surface area contributed by atoms with Gasteiger partial charge >= 0.3 is 16.3 Å². The van der Waals surface area contributed by atoms with Gasteiger partial charge in [-0.15, -0.1) is 0 Å². The van der Waals surface area contributed by atoms with Gasteiger partial charge in [-0.05, 0) is 72.5 Å². The number of likely N-dealkylation sites (N-methyl/N-ethyl adjacent to an activating group) is 2. The summed E-state index contributed by atoms with van der Waals surface area (Å²) in [5.74, 6) is -0.451. The molecule has 1 aromatic carbocycles. The molecule has 0 radical (unpaired) electrons. The summed E-state index contributed by atoms with van der Waals surface area (Å²) in [5.41, 5.74) is 1.47. The van der Waals surface area contributed by atoms with E-state index in [-0.39, 0.29) is 12.7 Å². The maximum Gasteiger partial charge on any atom is 0.366 e. The van der Waals surface area contributed by atoms with Crippen LogP contribution in [0.3, 0.4) is 0 Å². The number of hydrogen-bond donors (Lipinski definition) is 0. The van der Waals surface area contributed by atoms with Crippen molar-refractivity contribution >= 4 is 27.2 Å². The first kappa shape index (κ1) is 24.7. The number of ether oxygens (including phenoxy) is 1. The van der Waals surface area contributed by atoms with Gasteiger partial charge in [0.2, 0.25) is 0 Å². The lowest BCUT2D eigenvalue weighted by Crippen LogP contribution is -2.36. The Morgan fingerprint density at radius 3 is 2.62 bits per heavy atom. The molecule has 1 saturated heterocycles. The number of aryl methyl sites for hydroxylation is 1. The first-order valence-corrected chi connectivity index (χ1v) is 12.3. The molecule has 1 unspecified atom stereocenters. The van der Waals surface area contributed by atoms with Crippen LogP contribution in [0.25, 0.3) is 10.9 Å². The highest BCUT2D eigenvalue weighted by Crippen LogP contribution is 2.27. The van der Waals surface area contributed by atoms with E-state index in [2.05, 4.69) is 9.80 Å². The van der Waals surface area contributed by atoms with E-state index in [9.17, 15) is 13.2 Å². The second-order valence-electron chi connectivity index (χ2n) is 9.71. The van der Waals surface area contributed by atoms with Crippen LogP contribution in [-0.2, 0) is 30.4 Å². The predicted molar refractivity (Wildman–Crippen MR) is 125 cm³/mol. The number of nitrogens with zero attached hydrogens (tertiary/aromatic N) is 3. The Morgan fingerprint density at radius 1 is 1.28 bits per heavy atom. The van der Waals surface area contributed by atoms with Gasteiger partial charge in [-0.1, -0.05) is 11.6 Å². The molecule has 178 valence electrons. The quantitative estimate of drug-likeness (QED) is 0.526. The third kappa shape index (κ3) is 5.70. The number of fused-ring (bicyclic) bond motifs is 1. The fourth-order valence-electron chi connectivity index (χ4n) is 3.75. The molecule has 0 bridgehead atoms. The van der Waals surface area contributed by atoms with E-state index in [1.54, 1.807) is 26.1 Å². The minimum atomic E-state index is -4.13. The summed E-state index contributed by atoms with van der Waals surface area (Å²) >= 11 is 0. The second-order valence-corrected chi connectivity index (χ2v) is 11.2. The number of likely N-dealkylation sites (tertiary alicyclic amines) is 1. The van der Waals surface area contributed by atoms with E-state index in [1.807, 2.05) is 40.2 Å². The molecule has 8 nitrogen and oxygen atoms in total. The Kier molecular flexibility index (Phi) is 7.34. The fourth-order valence-corrected chi connectivity index (χ4v) is 4.96. The molecule has 9 heteroatoms. The van der Waals surface area contributed by atoms with Gasteiger partial charge in [0.1, 0.15) is 6.10 Å². The Hall–Kier alpha value is -1.94. The van der Waals surface area contributed by atoms with Crippen molar-refractivity contribution < 1.29 is 22.1 Å². The number of benzene rings is 1. The van der Waals surface area contributed by atoms with Crippen molar-refractivity contribution in [3.05, 3.63) is 35.5 Å². The summed E-state index contributed by atoms with van der Waals surface area (Å²) in [6.07, 6.45) is 2.95. The topological polar surface area (TPSA) is 81.1 Å². The van der Waals surface area contributed by atoms with Gasteiger partial charge in [0.15, 0.2) is 0 Å². The predicted octanol–water partition coefficient (Wildman–Crippen LogP) is 2.44. The zero-order valence-corrected chi connectivity index (χ0v) is 20.7. The summed E-state index contributed by atoms with van der Waals surface area (Å²) in [6, 6.07) is 5.66. The molecule has 1 aliphatic heterocycles. The van der Waals surface area contributed by atoms with Gasteiger partial charge < -0.3 is 14.5 Å². The highest BCUT2D eigenvalue weighted by molar-refractivity contribution is 7.85. The van der Waals surface area contributed by atoms with Crippen LogP contribution in [0.2, 0.25) is 0 Å². The van der Waals surface area contributed by atoms with Crippen molar-refractivity contribution in [1.29, 1.82) is 0 Å². The number of carbonyl (C=O) groups is 1. The van der Waals surface area contributed by atoms with Crippen LogP contribution in [-0.4, -0.2) is 81.6 Å². The molecule has 2 aromatic rings. The molecule has 0 saturated carbocycles. The summed E-state index contributed by atoms with van der Waals surface area (Å²) in [5, 5.41) is 0.892. The van der Waals surface area contributed by atoms with Gasteiger partial charge in [0.05, 0.1) is 17.5 Å². The first-order chi connectivity index (χ1) is 14.9. The first-order valence-electron chi connectivity index (χ1n) is 10.9. The van der Waals surface area contributed by atoms with E-state index >= 15 is 0 Å². The van der Waals surface area contributed by atoms with Crippen molar-refractivity contribution in [2.75, 3.05) is 47.4 Å². The van der Waals surface area contributed by atoms with Crippen molar-refractivity contribution in [3.8, 4) is 0 Å². The van der Waals surface area contributed by atoms with Crippen LogP contribution in [0.5, 0.6) is 0 Å². The number of hydrogen-bond acceptors (Lipinski definition) is 7. The Balaban J connectivity index is 1.77. The van der Waals surface area contributed by atoms with Gasteiger partial charge in [-0.3, -0.25) is 8.98 Å². The SMILES string of the molecule is Cc1ccc2c(c1)c(CCN(C)C)cn2S(=O)(=O)OCC(C)(C)C(=O)OC1CCN(C)C1. The molecule has 1 aliphatic rings. The summed E-state index contributed by atoms with van der Waals surface area (Å²) < 4.78 is 38.4. The molecular weight excluding hydrogens is 430 g/mol. The Bertz CT molecular complexity index is 1070. The van der Waals surface area contributed by atoms with Crippen LogP contribution in [0.4, 0.5) is 0 Å². The lowest BCUT2D eigenvalue weighted by Gasteiger charge is -2.24. The van der Waals surface area contributed by atoms with Crippen molar-refractivity contribution in [1.82, 2.24) is 13.8 Å². The molecular formula is C23H35N3O5S. The van der Waals surface area contributed by atoms with Crippen LogP contribution >= 0.6 is 0 Å². The molecule has 1 atom stereocenters. The normalized spacial score (nSPS) is 18.0. The molecule has 0 N–H and O–H groups in total. The minimum Gasteiger partial charge on any atom is -0.460 e. The lowest BCUT2D eigenvalue weighted by molar-refractivity contribution is -0.160. The van der Waals surface area contributed by atoms with E-state index in [0.29, 0.717) is 18.5 Å². The van der Waals surface area contributed by atoms with Crippen LogP contribution in [0, 0.1) is 12.3 Å². The number of carbonyl (C=O) groups excluding carboxylic acids is 1. The van der Waals surface area contributed by atoms with Crippen molar-refractivity contribution in [3.63, 3.8) is 0 Å². The molecule has 0 spiro atoms. The Morgan fingerprint density at radius 2 is 2.00 bits per heavy atom. The smallest absolute Gasteiger partial charge is 0.366 e. The third-order valence-corrected chi connectivity index (χ3v) is 7.02. The van der Waals surface area contributed by atoms with Gasteiger partial charge in [-0.25, -0.2) is 3.97 Å². The minimum absolute atomic E-state index is 0.167. The fraction of sp³-hybridized carbons (Fsp3) is 0.609. The zero-order valence-electron chi connectivity index (χ0n) is 19.9. The average Bonchev–Trinajstić information content (AvgIpc) is 3.28.